The van der Waals surface area contributed by atoms with Crippen LogP contribution in [0, 0.1) is 5.92 Å². The number of halogens is 2. The predicted molar refractivity (Wildman–Crippen MR) is 66.3 cm³/mol. The van der Waals surface area contributed by atoms with E-state index in [0.717, 1.165) is 21.4 Å². The van der Waals surface area contributed by atoms with Crippen molar-refractivity contribution in [3.63, 3.8) is 0 Å². The Hall–Kier alpha value is 0.140. The molecule has 0 saturated heterocycles. The van der Waals surface area contributed by atoms with Crippen LogP contribution in [0.5, 0.6) is 0 Å². The van der Waals surface area contributed by atoms with E-state index in [0.29, 0.717) is 0 Å². The van der Waals surface area contributed by atoms with Gasteiger partial charge in [-0.3, -0.25) is 0 Å². The predicted octanol–water partition coefficient (Wildman–Crippen LogP) is 3.71. The molecule has 0 atom stereocenters. The first-order chi connectivity index (χ1) is 6.74. The van der Waals surface area contributed by atoms with Gasteiger partial charge in [0.15, 0.2) is 0 Å². The lowest BCUT2D eigenvalue weighted by atomic mass is 10.2. The zero-order valence-electron chi connectivity index (χ0n) is 7.89. The summed E-state index contributed by atoms with van der Waals surface area (Å²) in [6.07, 6.45) is 2.82. The fraction of sp³-hybridized carbons (Fsp3) is 0.455. The molecular formula is C11H13Br2N. The van der Waals surface area contributed by atoms with Crippen molar-refractivity contribution < 1.29 is 0 Å². The van der Waals surface area contributed by atoms with Crippen LogP contribution in [-0.4, -0.2) is 6.54 Å². The van der Waals surface area contributed by atoms with Gasteiger partial charge >= 0.3 is 0 Å². The summed E-state index contributed by atoms with van der Waals surface area (Å²) in [5.74, 6) is 0.950. The third kappa shape index (κ3) is 3.37. The molecule has 1 N–H and O–H groups in total. The maximum absolute atomic E-state index is 3.49. The molecule has 1 aliphatic carbocycles. The van der Waals surface area contributed by atoms with Crippen molar-refractivity contribution in [2.24, 2.45) is 5.92 Å². The lowest BCUT2D eigenvalue weighted by Gasteiger charge is -2.05. The van der Waals surface area contributed by atoms with E-state index in [9.17, 15) is 0 Å². The molecule has 1 saturated carbocycles. The second-order valence-corrected chi connectivity index (χ2v) is 5.68. The molecule has 76 valence electrons. The monoisotopic (exact) mass is 317 g/mol. The molecule has 0 amide bonds. The van der Waals surface area contributed by atoms with Gasteiger partial charge < -0.3 is 5.32 Å². The largest absolute Gasteiger partial charge is 0.312 e. The minimum absolute atomic E-state index is 0.950. The normalized spacial score (nSPS) is 15.9. The molecule has 1 aromatic rings. The van der Waals surface area contributed by atoms with Gasteiger partial charge in [0.25, 0.3) is 0 Å². The molecule has 2 rings (SSSR count). The van der Waals surface area contributed by atoms with Crippen molar-refractivity contribution in [1.82, 2.24) is 5.32 Å². The van der Waals surface area contributed by atoms with E-state index >= 15 is 0 Å². The summed E-state index contributed by atoms with van der Waals surface area (Å²) in [4.78, 5) is 0. The maximum Gasteiger partial charge on any atom is 0.0206 e. The second-order valence-electron chi connectivity index (χ2n) is 3.85. The Bertz CT molecular complexity index is 301. The first-order valence-electron chi connectivity index (χ1n) is 4.90. The molecule has 3 heteroatoms. The van der Waals surface area contributed by atoms with E-state index in [1.165, 1.54) is 24.9 Å². The second kappa shape index (κ2) is 4.77. The molecule has 1 aromatic carbocycles. The highest BCUT2D eigenvalue weighted by Crippen LogP contribution is 2.27. The molecule has 1 nitrogen and oxygen atoms in total. The Kier molecular flexibility index (Phi) is 3.63. The minimum Gasteiger partial charge on any atom is -0.312 e. The van der Waals surface area contributed by atoms with Crippen LogP contribution in [-0.2, 0) is 6.54 Å². The van der Waals surface area contributed by atoms with Crippen molar-refractivity contribution >= 4 is 31.9 Å². The third-order valence-electron chi connectivity index (χ3n) is 2.38. The van der Waals surface area contributed by atoms with Gasteiger partial charge in [-0.1, -0.05) is 31.9 Å². The lowest BCUT2D eigenvalue weighted by molar-refractivity contribution is 0.638. The SMILES string of the molecule is Brc1cc(Br)cc(CNCC2CC2)c1. The van der Waals surface area contributed by atoms with E-state index in [1.807, 2.05) is 0 Å². The average molecular weight is 319 g/mol. The number of hydrogen-bond donors (Lipinski definition) is 1. The zero-order valence-corrected chi connectivity index (χ0v) is 11.1. The first kappa shape index (κ1) is 10.7. The van der Waals surface area contributed by atoms with Crippen LogP contribution in [0.3, 0.4) is 0 Å². The molecule has 0 aromatic heterocycles. The fourth-order valence-electron chi connectivity index (χ4n) is 1.46. The Morgan fingerprint density at radius 3 is 2.36 bits per heavy atom. The van der Waals surface area contributed by atoms with Crippen LogP contribution in [0.25, 0.3) is 0 Å². The number of rotatable bonds is 4. The van der Waals surface area contributed by atoms with Gasteiger partial charge in [-0.05, 0) is 49.1 Å². The fourth-order valence-corrected chi connectivity index (χ4v) is 2.84. The minimum atomic E-state index is 0.950. The molecule has 0 radical (unpaired) electrons. The molecule has 14 heavy (non-hydrogen) atoms. The Balaban J connectivity index is 1.87. The number of nitrogens with one attached hydrogen (secondary N) is 1. The highest BCUT2D eigenvalue weighted by Gasteiger charge is 2.20. The van der Waals surface area contributed by atoms with E-state index in [1.54, 1.807) is 0 Å². The van der Waals surface area contributed by atoms with Crippen LogP contribution in [0.4, 0.5) is 0 Å². The summed E-state index contributed by atoms with van der Waals surface area (Å²) in [6.45, 7) is 2.14. The average Bonchev–Trinajstić information content (AvgIpc) is 2.86. The van der Waals surface area contributed by atoms with Crippen molar-refractivity contribution in [2.75, 3.05) is 6.54 Å². The third-order valence-corrected chi connectivity index (χ3v) is 3.30. The van der Waals surface area contributed by atoms with Crippen LogP contribution in [0.2, 0.25) is 0 Å². The van der Waals surface area contributed by atoms with Gasteiger partial charge in [-0.25, -0.2) is 0 Å². The Morgan fingerprint density at radius 2 is 1.79 bits per heavy atom. The highest BCUT2D eigenvalue weighted by atomic mass is 79.9. The van der Waals surface area contributed by atoms with Gasteiger partial charge in [0.05, 0.1) is 0 Å². The Labute approximate surface area is 102 Å². The maximum atomic E-state index is 3.49. The van der Waals surface area contributed by atoms with E-state index in [4.69, 9.17) is 0 Å². The lowest BCUT2D eigenvalue weighted by Crippen LogP contribution is -2.15. The van der Waals surface area contributed by atoms with E-state index < -0.39 is 0 Å². The first-order valence-corrected chi connectivity index (χ1v) is 6.48. The standard InChI is InChI=1S/C11H13Br2N/c12-10-3-9(4-11(13)5-10)7-14-6-8-1-2-8/h3-5,8,14H,1-2,6-7H2. The molecule has 0 aliphatic heterocycles. The van der Waals surface area contributed by atoms with E-state index in [-0.39, 0.29) is 0 Å². The van der Waals surface area contributed by atoms with Crippen LogP contribution >= 0.6 is 31.9 Å². The summed E-state index contributed by atoms with van der Waals surface area (Å²) in [6, 6.07) is 6.37. The summed E-state index contributed by atoms with van der Waals surface area (Å²) >= 11 is 6.98. The topological polar surface area (TPSA) is 12.0 Å². The molecular weight excluding hydrogens is 306 g/mol. The van der Waals surface area contributed by atoms with Gasteiger partial charge in [-0.15, -0.1) is 0 Å². The van der Waals surface area contributed by atoms with Crippen molar-refractivity contribution in [3.05, 3.63) is 32.7 Å². The smallest absolute Gasteiger partial charge is 0.0206 e. The van der Waals surface area contributed by atoms with Crippen LogP contribution < -0.4 is 5.32 Å². The number of hydrogen-bond acceptors (Lipinski definition) is 1. The van der Waals surface area contributed by atoms with Crippen LogP contribution in [0.1, 0.15) is 18.4 Å². The zero-order chi connectivity index (χ0) is 9.97. The van der Waals surface area contributed by atoms with Gasteiger partial charge in [0.1, 0.15) is 0 Å². The molecule has 0 unspecified atom stereocenters. The Morgan fingerprint density at radius 1 is 1.14 bits per heavy atom. The summed E-state index contributed by atoms with van der Waals surface area (Å²) < 4.78 is 2.27. The van der Waals surface area contributed by atoms with Crippen LogP contribution in [0.15, 0.2) is 27.1 Å². The molecule has 0 bridgehead atoms. The number of benzene rings is 1. The van der Waals surface area contributed by atoms with Crippen molar-refractivity contribution in [2.45, 2.75) is 19.4 Å². The van der Waals surface area contributed by atoms with Gasteiger partial charge in [-0.2, -0.15) is 0 Å². The van der Waals surface area contributed by atoms with Crippen molar-refractivity contribution in [3.8, 4) is 0 Å². The molecule has 1 fully saturated rings. The summed E-state index contributed by atoms with van der Waals surface area (Å²) in [5, 5.41) is 3.48. The molecule has 0 spiro atoms. The molecule has 0 heterocycles. The summed E-state index contributed by atoms with van der Waals surface area (Å²) in [7, 11) is 0. The highest BCUT2D eigenvalue weighted by molar-refractivity contribution is 9.11. The van der Waals surface area contributed by atoms with Gasteiger partial charge in [0.2, 0.25) is 0 Å². The molecule has 1 aliphatic rings. The summed E-state index contributed by atoms with van der Waals surface area (Å²) in [5.41, 5.74) is 1.33. The van der Waals surface area contributed by atoms with E-state index in [2.05, 4.69) is 55.4 Å². The van der Waals surface area contributed by atoms with Crippen molar-refractivity contribution in [1.29, 1.82) is 0 Å². The van der Waals surface area contributed by atoms with Gasteiger partial charge in [0, 0.05) is 15.5 Å². The quantitative estimate of drug-likeness (QED) is 0.892.